The molecule has 0 fully saturated rings. The van der Waals surface area contributed by atoms with Crippen molar-refractivity contribution in [1.29, 1.82) is 0 Å². The predicted octanol–water partition coefficient (Wildman–Crippen LogP) is 14.1. The molecule has 0 spiro atoms. The van der Waals surface area contributed by atoms with Gasteiger partial charge in [-0.15, -0.1) is 0 Å². The van der Waals surface area contributed by atoms with E-state index in [1.54, 1.807) is 6.07 Å². The van der Waals surface area contributed by atoms with Gasteiger partial charge in [-0.25, -0.2) is 4.99 Å². The van der Waals surface area contributed by atoms with Crippen LogP contribution >= 0.6 is 46.6 Å². The minimum Gasteiger partial charge on any atom is -0.452 e. The summed E-state index contributed by atoms with van der Waals surface area (Å²) in [6, 6.07) is 29.5. The largest absolute Gasteiger partial charge is 0.452 e. The maximum atomic E-state index is 7.21. The summed E-state index contributed by atoms with van der Waals surface area (Å²) in [4.78, 5) is 9.94. The van der Waals surface area contributed by atoms with Crippen LogP contribution in [0.25, 0.3) is 5.76 Å². The molecule has 0 aliphatic carbocycles. The fourth-order valence-corrected chi connectivity index (χ4v) is 7.41. The number of H-pyrrole nitrogens is 1. The van der Waals surface area contributed by atoms with Gasteiger partial charge >= 0.3 is 0 Å². The van der Waals surface area contributed by atoms with Gasteiger partial charge in [0.25, 0.3) is 0 Å². The van der Waals surface area contributed by atoms with Crippen LogP contribution in [0.5, 0.6) is 23.1 Å². The topological polar surface area (TPSA) is 55.8 Å². The summed E-state index contributed by atoms with van der Waals surface area (Å²) in [6.07, 6.45) is 0. The summed E-state index contributed by atoms with van der Waals surface area (Å²) in [5, 5.41) is 1.34. The zero-order valence-electron chi connectivity index (χ0n) is 31.4. The molecule has 5 nitrogen and oxygen atoms in total. The number of aromatic amines is 1. The molecule has 5 aromatic rings. The number of hydrogen-bond donors (Lipinski definition) is 1. The fraction of sp³-hybridized carbons (Fsp3) is 0.250. The number of aryl methyl sites for hydroxylation is 3. The Kier molecular flexibility index (Phi) is 11.2. The van der Waals surface area contributed by atoms with E-state index in [9.17, 15) is 0 Å². The first-order valence-corrected chi connectivity index (χ1v) is 19.3. The SMILES string of the molecule is Cc1cc(C)c(O/C(=C2/N=C(Oc3ccc(C(C)(C)C)cc3)C(Cl)=C2Sc2ccc(Cl)cc2)c2cc(Cl)c(Oc3ccc(C(C)(C)C)cc3)[nH]2)c(C)c1. The number of hydrogen-bond acceptors (Lipinski definition) is 5. The van der Waals surface area contributed by atoms with E-state index in [0.29, 0.717) is 60.3 Å². The van der Waals surface area contributed by atoms with Gasteiger partial charge in [-0.05, 0) is 108 Å². The van der Waals surface area contributed by atoms with Crippen LogP contribution in [-0.4, -0.2) is 10.9 Å². The number of halogens is 3. The average Bonchev–Trinajstić information content (AvgIpc) is 3.59. The van der Waals surface area contributed by atoms with E-state index in [2.05, 4.69) is 89.8 Å². The first-order valence-electron chi connectivity index (χ1n) is 17.3. The van der Waals surface area contributed by atoms with Crippen LogP contribution in [0.2, 0.25) is 10.0 Å². The Morgan fingerprint density at radius 1 is 0.679 bits per heavy atom. The number of benzene rings is 4. The number of aliphatic imine (C=N–C) groups is 1. The number of nitrogens with zero attached hydrogens (tertiary/aromatic N) is 1. The van der Waals surface area contributed by atoms with Crippen molar-refractivity contribution in [2.45, 2.75) is 78.0 Å². The van der Waals surface area contributed by atoms with Crippen LogP contribution in [0.4, 0.5) is 0 Å². The van der Waals surface area contributed by atoms with E-state index < -0.39 is 0 Å². The molecular formula is C44H43Cl3N2O3S. The maximum Gasteiger partial charge on any atom is 0.240 e. The quantitative estimate of drug-likeness (QED) is 0.159. The summed E-state index contributed by atoms with van der Waals surface area (Å²) in [6.45, 7) is 19.2. The Morgan fingerprint density at radius 2 is 1.21 bits per heavy atom. The highest BCUT2D eigenvalue weighted by Gasteiger charge is 2.32. The molecular weight excluding hydrogens is 743 g/mol. The van der Waals surface area contributed by atoms with Gasteiger partial charge in [-0.2, -0.15) is 0 Å². The van der Waals surface area contributed by atoms with E-state index in [1.165, 1.54) is 22.9 Å². The van der Waals surface area contributed by atoms with Crippen molar-refractivity contribution in [2.75, 3.05) is 0 Å². The molecule has 1 aliphatic heterocycles. The molecule has 0 bridgehead atoms. The molecule has 9 heteroatoms. The van der Waals surface area contributed by atoms with E-state index >= 15 is 0 Å². The van der Waals surface area contributed by atoms with Crippen LogP contribution in [0, 0.1) is 20.8 Å². The molecule has 2 heterocycles. The molecule has 0 saturated heterocycles. The van der Waals surface area contributed by atoms with Crippen LogP contribution in [0.1, 0.15) is 75.1 Å². The molecule has 0 radical (unpaired) electrons. The standard InChI is InChI=1S/C44H43Cl3N2O3S/c1-25-22-26(2)38(27(3)23-25)52-39(35-24-34(46)41(48-35)50-31-16-10-28(11-17-31)43(4,5)6)37-40(53-33-20-14-30(45)15-21-33)36(47)42(49-37)51-32-18-12-29(13-19-32)44(7,8)9/h10-24,48H,1-9H3/b39-37+. The van der Waals surface area contributed by atoms with Crippen molar-refractivity contribution in [3.05, 3.63) is 150 Å². The second kappa shape index (κ2) is 15.3. The normalized spacial score (nSPS) is 14.4. The number of rotatable bonds is 8. The molecule has 53 heavy (non-hydrogen) atoms. The Balaban J connectivity index is 1.49. The van der Waals surface area contributed by atoms with Crippen molar-refractivity contribution < 1.29 is 14.2 Å². The van der Waals surface area contributed by atoms with Gasteiger partial charge < -0.3 is 19.2 Å². The second-order valence-corrected chi connectivity index (χ2v) is 17.5. The highest BCUT2D eigenvalue weighted by molar-refractivity contribution is 8.03. The molecule has 1 aromatic heterocycles. The summed E-state index contributed by atoms with van der Waals surface area (Å²) < 4.78 is 19.6. The third kappa shape index (κ3) is 9.01. The lowest BCUT2D eigenvalue weighted by Gasteiger charge is -2.19. The molecule has 0 unspecified atom stereocenters. The predicted molar refractivity (Wildman–Crippen MR) is 223 cm³/mol. The number of thioether (sulfide) groups is 1. The number of ether oxygens (including phenoxy) is 3. The van der Waals surface area contributed by atoms with Gasteiger partial charge in [-0.1, -0.05) is 130 Å². The third-order valence-electron chi connectivity index (χ3n) is 8.73. The third-order valence-corrected chi connectivity index (χ3v) is 10.8. The highest BCUT2D eigenvalue weighted by atomic mass is 35.5. The lowest BCUT2D eigenvalue weighted by atomic mass is 9.87. The lowest BCUT2D eigenvalue weighted by molar-refractivity contribution is 0.462. The van der Waals surface area contributed by atoms with E-state index in [1.807, 2.05) is 62.4 Å². The second-order valence-electron chi connectivity index (χ2n) is 15.2. The molecule has 0 atom stereocenters. The molecule has 0 amide bonds. The fourth-order valence-electron chi connectivity index (χ4n) is 5.88. The van der Waals surface area contributed by atoms with Gasteiger partial charge in [0, 0.05) is 9.92 Å². The minimum atomic E-state index is -0.00646. The van der Waals surface area contributed by atoms with Crippen molar-refractivity contribution in [2.24, 2.45) is 4.99 Å². The summed E-state index contributed by atoms with van der Waals surface area (Å²) in [5.41, 5.74) is 6.46. The van der Waals surface area contributed by atoms with Gasteiger partial charge in [0.2, 0.25) is 11.8 Å². The van der Waals surface area contributed by atoms with Crippen LogP contribution in [-0.2, 0) is 10.8 Å². The van der Waals surface area contributed by atoms with E-state index in [0.717, 1.165) is 21.6 Å². The molecule has 6 rings (SSSR count). The Bertz CT molecular complexity index is 2210. The smallest absolute Gasteiger partial charge is 0.240 e. The van der Waals surface area contributed by atoms with Crippen LogP contribution in [0.15, 0.2) is 117 Å². The zero-order valence-corrected chi connectivity index (χ0v) is 34.5. The van der Waals surface area contributed by atoms with Crippen molar-refractivity contribution in [3.8, 4) is 23.1 Å². The Labute approximate surface area is 332 Å². The van der Waals surface area contributed by atoms with Crippen molar-refractivity contribution in [3.63, 3.8) is 0 Å². The summed E-state index contributed by atoms with van der Waals surface area (Å²) in [7, 11) is 0. The molecule has 1 aliphatic rings. The average molecular weight is 786 g/mol. The van der Waals surface area contributed by atoms with Crippen LogP contribution < -0.4 is 14.2 Å². The zero-order chi connectivity index (χ0) is 38.2. The Hall–Kier alpha value is -4.07. The first-order chi connectivity index (χ1) is 25.0. The van der Waals surface area contributed by atoms with Crippen molar-refractivity contribution >= 4 is 58.2 Å². The minimum absolute atomic E-state index is 0.00646. The molecule has 274 valence electrons. The van der Waals surface area contributed by atoms with E-state index in [4.69, 9.17) is 54.0 Å². The highest BCUT2D eigenvalue weighted by Crippen LogP contribution is 2.46. The van der Waals surface area contributed by atoms with Crippen LogP contribution in [0.3, 0.4) is 0 Å². The number of nitrogens with one attached hydrogen (secondary N) is 1. The van der Waals surface area contributed by atoms with Gasteiger partial charge in [0.15, 0.2) is 5.76 Å². The van der Waals surface area contributed by atoms with E-state index in [-0.39, 0.29) is 16.7 Å². The molecule has 1 N–H and O–H groups in total. The maximum absolute atomic E-state index is 7.21. The lowest BCUT2D eigenvalue weighted by Crippen LogP contribution is -2.11. The van der Waals surface area contributed by atoms with Gasteiger partial charge in [-0.3, -0.25) is 0 Å². The number of aromatic nitrogens is 1. The molecule has 0 saturated carbocycles. The van der Waals surface area contributed by atoms with Gasteiger partial charge in [0.1, 0.15) is 33.0 Å². The first kappa shape index (κ1) is 38.6. The monoisotopic (exact) mass is 784 g/mol. The summed E-state index contributed by atoms with van der Waals surface area (Å²) in [5.74, 6) is 2.95. The van der Waals surface area contributed by atoms with Gasteiger partial charge in [0.05, 0.1) is 10.6 Å². The Morgan fingerprint density at radius 3 is 1.74 bits per heavy atom. The summed E-state index contributed by atoms with van der Waals surface area (Å²) >= 11 is 21.8. The van der Waals surface area contributed by atoms with Crippen molar-refractivity contribution in [1.82, 2.24) is 4.98 Å². The molecule has 4 aromatic carbocycles.